The molecule has 2 heteroatoms. The first kappa shape index (κ1) is 13.0. The Morgan fingerprint density at radius 2 is 2.07 bits per heavy atom. The maximum atomic E-state index is 5.76. The molecule has 15 heavy (non-hydrogen) atoms. The second kappa shape index (κ2) is 5.86. The van der Waals surface area contributed by atoms with Crippen molar-refractivity contribution in [2.45, 2.75) is 65.0 Å². The molecule has 0 aromatic heterocycles. The van der Waals surface area contributed by atoms with Gasteiger partial charge >= 0.3 is 0 Å². The molecule has 0 bridgehead atoms. The second-order valence-corrected chi connectivity index (χ2v) is 5.77. The molecule has 0 amide bonds. The third-order valence-electron chi connectivity index (χ3n) is 3.45. The van der Waals surface area contributed by atoms with Crippen LogP contribution in [0.2, 0.25) is 0 Å². The van der Waals surface area contributed by atoms with Gasteiger partial charge in [0, 0.05) is 12.6 Å². The highest BCUT2D eigenvalue weighted by Crippen LogP contribution is 2.25. The lowest BCUT2D eigenvalue weighted by Crippen LogP contribution is -2.38. The molecule has 1 saturated heterocycles. The predicted molar refractivity (Wildman–Crippen MR) is 65.1 cm³/mol. The molecule has 2 atom stereocenters. The number of hydrogen-bond acceptors (Lipinski definition) is 2. The summed E-state index contributed by atoms with van der Waals surface area (Å²) in [5, 5.41) is 3.43. The van der Waals surface area contributed by atoms with Crippen LogP contribution in [0.1, 0.15) is 52.9 Å². The molecule has 1 heterocycles. The highest BCUT2D eigenvalue weighted by atomic mass is 16.5. The minimum absolute atomic E-state index is 0.351. The molecule has 0 aromatic carbocycles. The third-order valence-corrected chi connectivity index (χ3v) is 3.45. The highest BCUT2D eigenvalue weighted by Gasteiger charge is 2.24. The zero-order valence-electron chi connectivity index (χ0n) is 10.8. The summed E-state index contributed by atoms with van der Waals surface area (Å²) < 4.78 is 5.76. The Morgan fingerprint density at radius 3 is 2.53 bits per heavy atom. The van der Waals surface area contributed by atoms with Crippen LogP contribution in [0.5, 0.6) is 0 Å². The Morgan fingerprint density at radius 1 is 1.33 bits per heavy atom. The van der Waals surface area contributed by atoms with Crippen LogP contribution in [-0.2, 0) is 4.74 Å². The number of rotatable bonds is 4. The Hall–Kier alpha value is -0.0800. The van der Waals surface area contributed by atoms with E-state index in [4.69, 9.17) is 4.74 Å². The summed E-state index contributed by atoms with van der Waals surface area (Å²) in [6.45, 7) is 7.88. The van der Waals surface area contributed by atoms with Crippen molar-refractivity contribution >= 4 is 0 Å². The number of ether oxygens (including phenoxy) is 1. The molecular weight excluding hydrogens is 186 g/mol. The van der Waals surface area contributed by atoms with E-state index >= 15 is 0 Å². The molecule has 0 radical (unpaired) electrons. The lowest BCUT2D eigenvalue weighted by atomic mass is 9.83. The van der Waals surface area contributed by atoms with Crippen molar-refractivity contribution in [3.05, 3.63) is 0 Å². The van der Waals surface area contributed by atoms with Crippen LogP contribution in [0.15, 0.2) is 0 Å². The summed E-state index contributed by atoms with van der Waals surface area (Å²) in [6, 6.07) is 0.600. The summed E-state index contributed by atoms with van der Waals surface area (Å²) in [5.41, 5.74) is 0.351. The van der Waals surface area contributed by atoms with Crippen LogP contribution in [0, 0.1) is 5.41 Å². The van der Waals surface area contributed by atoms with E-state index in [1.165, 1.54) is 32.1 Å². The van der Waals surface area contributed by atoms with E-state index in [1.807, 2.05) is 0 Å². The van der Waals surface area contributed by atoms with Crippen molar-refractivity contribution in [3.63, 3.8) is 0 Å². The molecule has 0 aliphatic carbocycles. The SMILES string of the molecule is CNC(CCC1CCCCO1)C(C)(C)C. The Bertz CT molecular complexity index is 168. The maximum Gasteiger partial charge on any atom is 0.0575 e. The molecule has 0 aromatic rings. The molecule has 1 aliphatic heterocycles. The first-order valence-corrected chi connectivity index (χ1v) is 6.33. The molecule has 2 nitrogen and oxygen atoms in total. The quantitative estimate of drug-likeness (QED) is 0.775. The average molecular weight is 213 g/mol. The number of nitrogens with one attached hydrogen (secondary N) is 1. The molecule has 0 spiro atoms. The summed E-state index contributed by atoms with van der Waals surface area (Å²) in [5.74, 6) is 0. The van der Waals surface area contributed by atoms with Gasteiger partial charge in [0.25, 0.3) is 0 Å². The van der Waals surface area contributed by atoms with Gasteiger partial charge in [0.1, 0.15) is 0 Å². The van der Waals surface area contributed by atoms with E-state index < -0.39 is 0 Å². The lowest BCUT2D eigenvalue weighted by Gasteiger charge is -2.32. The molecule has 90 valence electrons. The third kappa shape index (κ3) is 4.52. The summed E-state index contributed by atoms with van der Waals surface area (Å²) >= 11 is 0. The summed E-state index contributed by atoms with van der Waals surface area (Å²) in [7, 11) is 2.07. The van der Waals surface area contributed by atoms with Crippen LogP contribution in [0.3, 0.4) is 0 Å². The lowest BCUT2D eigenvalue weighted by molar-refractivity contribution is 0.00654. The van der Waals surface area contributed by atoms with Gasteiger partial charge < -0.3 is 10.1 Å². The first-order chi connectivity index (χ1) is 7.04. The van der Waals surface area contributed by atoms with Gasteiger partial charge in [-0.2, -0.15) is 0 Å². The molecule has 0 saturated carbocycles. The van der Waals surface area contributed by atoms with E-state index in [1.54, 1.807) is 0 Å². The fourth-order valence-corrected chi connectivity index (χ4v) is 2.40. The van der Waals surface area contributed by atoms with Gasteiger partial charge in [-0.1, -0.05) is 20.8 Å². The van der Waals surface area contributed by atoms with Crippen molar-refractivity contribution in [1.29, 1.82) is 0 Å². The van der Waals surface area contributed by atoms with Crippen molar-refractivity contribution in [3.8, 4) is 0 Å². The van der Waals surface area contributed by atoms with Gasteiger partial charge in [-0.25, -0.2) is 0 Å². The highest BCUT2D eigenvalue weighted by molar-refractivity contribution is 4.80. The van der Waals surface area contributed by atoms with E-state index in [-0.39, 0.29) is 0 Å². The Balaban J connectivity index is 2.27. The van der Waals surface area contributed by atoms with E-state index in [9.17, 15) is 0 Å². The van der Waals surface area contributed by atoms with Crippen LogP contribution in [0.4, 0.5) is 0 Å². The molecule has 1 rings (SSSR count). The molecule has 1 N–H and O–H groups in total. The van der Waals surface area contributed by atoms with Crippen molar-refractivity contribution < 1.29 is 4.74 Å². The van der Waals surface area contributed by atoms with Crippen LogP contribution in [-0.4, -0.2) is 25.8 Å². The van der Waals surface area contributed by atoms with E-state index in [2.05, 4.69) is 33.1 Å². The Labute approximate surface area is 94.8 Å². The molecular formula is C13H27NO. The van der Waals surface area contributed by atoms with Crippen LogP contribution in [0.25, 0.3) is 0 Å². The van der Waals surface area contributed by atoms with Gasteiger partial charge in [0.05, 0.1) is 6.10 Å². The minimum atomic E-state index is 0.351. The normalized spacial score (nSPS) is 25.2. The predicted octanol–water partition coefficient (Wildman–Crippen LogP) is 2.97. The fraction of sp³-hybridized carbons (Fsp3) is 1.00. The molecule has 2 unspecified atom stereocenters. The van der Waals surface area contributed by atoms with E-state index in [0.29, 0.717) is 17.6 Å². The first-order valence-electron chi connectivity index (χ1n) is 6.33. The topological polar surface area (TPSA) is 21.3 Å². The standard InChI is InChI=1S/C13H27NO/c1-13(2,3)12(14-4)9-8-11-7-5-6-10-15-11/h11-12,14H,5-10H2,1-4H3. The van der Waals surface area contributed by atoms with Gasteiger partial charge in [-0.3, -0.25) is 0 Å². The second-order valence-electron chi connectivity index (χ2n) is 5.77. The number of hydrogen-bond donors (Lipinski definition) is 1. The van der Waals surface area contributed by atoms with Crippen LogP contribution < -0.4 is 5.32 Å². The summed E-state index contributed by atoms with van der Waals surface area (Å²) in [6.07, 6.45) is 6.83. The van der Waals surface area contributed by atoms with Crippen LogP contribution >= 0.6 is 0 Å². The monoisotopic (exact) mass is 213 g/mol. The van der Waals surface area contributed by atoms with Gasteiger partial charge in [0.15, 0.2) is 0 Å². The Kier molecular flexibility index (Phi) is 5.07. The maximum absolute atomic E-state index is 5.76. The fourth-order valence-electron chi connectivity index (χ4n) is 2.40. The van der Waals surface area contributed by atoms with Gasteiger partial charge in [-0.05, 0) is 44.6 Å². The zero-order chi connectivity index (χ0) is 11.3. The molecule has 1 fully saturated rings. The van der Waals surface area contributed by atoms with Gasteiger partial charge in [-0.15, -0.1) is 0 Å². The zero-order valence-corrected chi connectivity index (χ0v) is 10.8. The minimum Gasteiger partial charge on any atom is -0.378 e. The smallest absolute Gasteiger partial charge is 0.0575 e. The average Bonchev–Trinajstić information content (AvgIpc) is 2.18. The van der Waals surface area contributed by atoms with Crippen molar-refractivity contribution in [2.24, 2.45) is 5.41 Å². The largest absolute Gasteiger partial charge is 0.378 e. The van der Waals surface area contributed by atoms with Crippen molar-refractivity contribution in [2.75, 3.05) is 13.7 Å². The summed E-state index contributed by atoms with van der Waals surface area (Å²) in [4.78, 5) is 0. The van der Waals surface area contributed by atoms with Crippen molar-refractivity contribution in [1.82, 2.24) is 5.32 Å². The molecule has 1 aliphatic rings. The van der Waals surface area contributed by atoms with Gasteiger partial charge in [0.2, 0.25) is 0 Å². The van der Waals surface area contributed by atoms with E-state index in [0.717, 1.165) is 6.61 Å².